The second kappa shape index (κ2) is 8.21. The van der Waals surface area contributed by atoms with E-state index in [1.807, 2.05) is 13.0 Å². The zero-order valence-electron chi connectivity index (χ0n) is 10.2. The average Bonchev–Trinajstić information content (AvgIpc) is 2.30. The first-order valence-electron chi connectivity index (χ1n) is 5.41. The molecule has 0 atom stereocenters. The van der Waals surface area contributed by atoms with E-state index >= 15 is 0 Å². The van der Waals surface area contributed by atoms with Gasteiger partial charge in [-0.05, 0) is 25.5 Å². The number of allylic oxidation sites excluding steroid dienone is 1. The molecule has 0 saturated heterocycles. The number of aliphatic hydroxyl groups is 1. The number of phenols is 1. The van der Waals surface area contributed by atoms with Crippen LogP contribution in [0, 0.1) is 0 Å². The van der Waals surface area contributed by atoms with Crippen molar-refractivity contribution in [1.82, 2.24) is 0 Å². The van der Waals surface area contributed by atoms with Crippen LogP contribution in [0.25, 0.3) is 0 Å². The van der Waals surface area contributed by atoms with Gasteiger partial charge in [0, 0.05) is 6.42 Å². The molecule has 0 radical (unpaired) electrons. The lowest BCUT2D eigenvalue weighted by Crippen LogP contribution is -2.13. The van der Waals surface area contributed by atoms with Crippen LogP contribution in [0.5, 0.6) is 5.75 Å². The Balaban J connectivity index is 0.000000318. The van der Waals surface area contributed by atoms with Gasteiger partial charge < -0.3 is 15.9 Å². The zero-order chi connectivity index (χ0) is 13.3. The molecule has 0 aliphatic rings. The second-order valence-electron chi connectivity index (χ2n) is 3.52. The predicted octanol–water partition coefficient (Wildman–Crippen LogP) is 2.50. The second-order valence-corrected chi connectivity index (χ2v) is 3.52. The molecule has 4 nitrogen and oxygen atoms in total. The molecule has 0 aliphatic heterocycles. The molecule has 4 N–H and O–H groups in total. The third-order valence-corrected chi connectivity index (χ3v) is 2.05. The molecule has 0 aromatic heterocycles. The van der Waals surface area contributed by atoms with Gasteiger partial charge in [-0.2, -0.15) is 0 Å². The van der Waals surface area contributed by atoms with Gasteiger partial charge in [0.25, 0.3) is 0 Å². The molecule has 0 saturated carbocycles. The summed E-state index contributed by atoms with van der Waals surface area (Å²) in [5.41, 5.74) is 5.18. The molecule has 1 aromatic rings. The highest BCUT2D eigenvalue weighted by atomic mass is 16.3. The van der Waals surface area contributed by atoms with Crippen LogP contribution >= 0.6 is 0 Å². The number of nitrogens with two attached hydrogens (primary N) is 1. The lowest BCUT2D eigenvalue weighted by atomic mass is 10.2. The fourth-order valence-corrected chi connectivity index (χ4v) is 0.995. The van der Waals surface area contributed by atoms with E-state index in [9.17, 15) is 4.79 Å². The number of phenolic OH excluding ortho intramolecular Hbond substituents is 1. The van der Waals surface area contributed by atoms with Crippen LogP contribution in [0.2, 0.25) is 0 Å². The standard InChI is InChI=1S/C7H13NO2.C6H6O/c1-3-4-6(9)5(2)7(8)10;7-6-4-2-1-3-5-6/h9H,3-4H2,1-2H3,(H2,8,10);1-5,7H/b6-5+;. The van der Waals surface area contributed by atoms with E-state index in [4.69, 9.17) is 15.9 Å². The van der Waals surface area contributed by atoms with Crippen molar-refractivity contribution < 1.29 is 15.0 Å². The largest absolute Gasteiger partial charge is 0.512 e. The van der Waals surface area contributed by atoms with Crippen LogP contribution in [-0.4, -0.2) is 16.1 Å². The third kappa shape index (κ3) is 7.00. The number of benzene rings is 1. The Morgan fingerprint density at radius 1 is 1.29 bits per heavy atom. The molecule has 4 heteroatoms. The lowest BCUT2D eigenvalue weighted by Gasteiger charge is -1.99. The van der Waals surface area contributed by atoms with Gasteiger partial charge in [-0.3, -0.25) is 4.79 Å². The Hall–Kier alpha value is -1.97. The molecular formula is C13H19NO3. The normalized spacial score (nSPS) is 10.9. The van der Waals surface area contributed by atoms with Crippen molar-refractivity contribution in [1.29, 1.82) is 0 Å². The van der Waals surface area contributed by atoms with Gasteiger partial charge in [0.2, 0.25) is 5.91 Å². The Morgan fingerprint density at radius 2 is 1.82 bits per heavy atom. The molecule has 0 spiro atoms. The molecule has 1 amide bonds. The summed E-state index contributed by atoms with van der Waals surface area (Å²) in [7, 11) is 0. The Morgan fingerprint density at radius 3 is 2.12 bits per heavy atom. The Kier molecular flexibility index (Phi) is 7.26. The van der Waals surface area contributed by atoms with E-state index in [0.717, 1.165) is 6.42 Å². The number of hydrogen-bond donors (Lipinski definition) is 3. The first kappa shape index (κ1) is 15.0. The number of carbonyl (C=O) groups is 1. The van der Waals surface area contributed by atoms with Crippen LogP contribution in [0.3, 0.4) is 0 Å². The average molecular weight is 237 g/mol. The molecule has 1 rings (SSSR count). The number of aliphatic hydroxyl groups excluding tert-OH is 1. The van der Waals surface area contributed by atoms with Crippen molar-refractivity contribution in [2.45, 2.75) is 26.7 Å². The summed E-state index contributed by atoms with van der Waals surface area (Å²) in [6.45, 7) is 3.44. The fourth-order valence-electron chi connectivity index (χ4n) is 0.995. The van der Waals surface area contributed by atoms with Crippen LogP contribution in [0.1, 0.15) is 26.7 Å². The van der Waals surface area contributed by atoms with Gasteiger partial charge in [-0.15, -0.1) is 0 Å². The molecule has 0 unspecified atom stereocenters. The molecule has 94 valence electrons. The van der Waals surface area contributed by atoms with E-state index in [-0.39, 0.29) is 11.3 Å². The summed E-state index contributed by atoms with van der Waals surface area (Å²) in [4.78, 5) is 10.4. The lowest BCUT2D eigenvalue weighted by molar-refractivity contribution is -0.114. The predicted molar refractivity (Wildman–Crippen MR) is 67.5 cm³/mol. The van der Waals surface area contributed by atoms with E-state index in [0.29, 0.717) is 12.2 Å². The van der Waals surface area contributed by atoms with Crippen LogP contribution in [-0.2, 0) is 4.79 Å². The maximum Gasteiger partial charge on any atom is 0.247 e. The van der Waals surface area contributed by atoms with Crippen LogP contribution in [0.15, 0.2) is 41.7 Å². The molecule has 1 aromatic carbocycles. The van der Waals surface area contributed by atoms with Crippen LogP contribution < -0.4 is 5.73 Å². The van der Waals surface area contributed by atoms with Gasteiger partial charge in [0.05, 0.1) is 5.57 Å². The minimum Gasteiger partial charge on any atom is -0.512 e. The van der Waals surface area contributed by atoms with Crippen molar-refractivity contribution in [3.63, 3.8) is 0 Å². The van der Waals surface area contributed by atoms with E-state index < -0.39 is 5.91 Å². The van der Waals surface area contributed by atoms with Gasteiger partial charge in [0.15, 0.2) is 0 Å². The van der Waals surface area contributed by atoms with Crippen molar-refractivity contribution in [2.75, 3.05) is 0 Å². The Labute approximate surface area is 101 Å². The van der Waals surface area contributed by atoms with Crippen molar-refractivity contribution in [2.24, 2.45) is 5.73 Å². The molecule has 0 heterocycles. The minimum absolute atomic E-state index is 0.106. The Bertz CT molecular complexity index is 372. The van der Waals surface area contributed by atoms with Crippen LogP contribution in [0.4, 0.5) is 0 Å². The first-order chi connectivity index (χ1) is 7.99. The fraction of sp³-hybridized carbons (Fsp3) is 0.308. The monoisotopic (exact) mass is 237 g/mol. The maximum atomic E-state index is 10.4. The number of rotatable bonds is 3. The molecule has 0 bridgehead atoms. The highest BCUT2D eigenvalue weighted by Crippen LogP contribution is 2.06. The molecule has 0 aliphatic carbocycles. The molecule has 0 fully saturated rings. The minimum atomic E-state index is -0.550. The highest BCUT2D eigenvalue weighted by Gasteiger charge is 2.03. The number of primary amides is 1. The summed E-state index contributed by atoms with van der Waals surface area (Å²) in [5, 5.41) is 17.7. The highest BCUT2D eigenvalue weighted by molar-refractivity contribution is 5.91. The van der Waals surface area contributed by atoms with Crippen molar-refractivity contribution in [3.05, 3.63) is 41.7 Å². The maximum absolute atomic E-state index is 10.4. The zero-order valence-corrected chi connectivity index (χ0v) is 10.2. The summed E-state index contributed by atoms with van der Waals surface area (Å²) < 4.78 is 0. The first-order valence-corrected chi connectivity index (χ1v) is 5.41. The SMILES string of the molecule is CCC/C(O)=C(/C)C(N)=O.Oc1ccccc1. The van der Waals surface area contributed by atoms with Crippen molar-refractivity contribution in [3.8, 4) is 5.75 Å². The van der Waals surface area contributed by atoms with E-state index in [2.05, 4.69) is 0 Å². The van der Waals surface area contributed by atoms with Gasteiger partial charge >= 0.3 is 0 Å². The molecular weight excluding hydrogens is 218 g/mol. The smallest absolute Gasteiger partial charge is 0.247 e. The third-order valence-electron chi connectivity index (χ3n) is 2.05. The van der Waals surface area contributed by atoms with E-state index in [1.54, 1.807) is 24.3 Å². The number of para-hydroxylation sites is 1. The number of amides is 1. The summed E-state index contributed by atoms with van der Waals surface area (Å²) in [5.74, 6) is -0.122. The van der Waals surface area contributed by atoms with Gasteiger partial charge in [-0.25, -0.2) is 0 Å². The number of hydrogen-bond acceptors (Lipinski definition) is 3. The van der Waals surface area contributed by atoms with Gasteiger partial charge in [0.1, 0.15) is 11.5 Å². The summed E-state index contributed by atoms with van der Waals surface area (Å²) in [6, 6.07) is 8.71. The quantitative estimate of drug-likeness (QED) is 0.558. The molecule has 17 heavy (non-hydrogen) atoms. The van der Waals surface area contributed by atoms with E-state index in [1.165, 1.54) is 6.92 Å². The summed E-state index contributed by atoms with van der Waals surface area (Å²) >= 11 is 0. The number of aromatic hydroxyl groups is 1. The number of carbonyl (C=O) groups excluding carboxylic acids is 1. The van der Waals surface area contributed by atoms with Crippen molar-refractivity contribution >= 4 is 5.91 Å². The summed E-state index contributed by atoms with van der Waals surface area (Å²) in [6.07, 6.45) is 1.34. The van der Waals surface area contributed by atoms with Gasteiger partial charge in [-0.1, -0.05) is 25.1 Å². The topological polar surface area (TPSA) is 83.5 Å².